The fourth-order valence-electron chi connectivity index (χ4n) is 2.34. The van der Waals surface area contributed by atoms with Gasteiger partial charge in [-0.15, -0.1) is 0 Å². The summed E-state index contributed by atoms with van der Waals surface area (Å²) in [5.41, 5.74) is 8.84. The van der Waals surface area contributed by atoms with Gasteiger partial charge in [0.15, 0.2) is 0 Å². The minimum absolute atomic E-state index is 0.234. The molecule has 0 saturated heterocycles. The zero-order valence-electron chi connectivity index (χ0n) is 12.0. The topological polar surface area (TPSA) is 88.0 Å². The maximum absolute atomic E-state index is 12.2. The van der Waals surface area contributed by atoms with Gasteiger partial charge in [0, 0.05) is 33.4 Å². The molecule has 1 aromatic heterocycles. The number of primary amides is 1. The van der Waals surface area contributed by atoms with E-state index in [4.69, 9.17) is 5.73 Å². The molecule has 0 aliphatic rings. The predicted octanol–water partition coefficient (Wildman–Crippen LogP) is 2.83. The Hall–Kier alpha value is -3.08. The van der Waals surface area contributed by atoms with Crippen LogP contribution in [0.1, 0.15) is 26.4 Å². The van der Waals surface area contributed by atoms with Crippen LogP contribution in [0.3, 0.4) is 0 Å². The third-order valence-electron chi connectivity index (χ3n) is 3.44. The summed E-state index contributed by atoms with van der Waals surface area (Å²) in [6, 6.07) is 13.9. The van der Waals surface area contributed by atoms with Crippen molar-refractivity contribution in [3.05, 3.63) is 65.4 Å². The summed E-state index contributed by atoms with van der Waals surface area (Å²) in [5.74, 6) is -0.747. The lowest BCUT2D eigenvalue weighted by atomic mass is 10.1. The highest BCUT2D eigenvalue weighted by atomic mass is 16.2. The largest absolute Gasteiger partial charge is 0.366 e. The fraction of sp³-hybridized carbons (Fsp3) is 0.0588. The van der Waals surface area contributed by atoms with Crippen LogP contribution in [0.2, 0.25) is 0 Å². The van der Waals surface area contributed by atoms with Crippen molar-refractivity contribution in [1.29, 1.82) is 0 Å². The minimum atomic E-state index is -0.514. The number of amides is 2. The second-order valence-electron chi connectivity index (χ2n) is 5.15. The highest BCUT2D eigenvalue weighted by Gasteiger charge is 2.08. The third-order valence-corrected chi connectivity index (χ3v) is 3.44. The molecule has 5 heteroatoms. The van der Waals surface area contributed by atoms with Gasteiger partial charge in [-0.2, -0.15) is 0 Å². The quantitative estimate of drug-likeness (QED) is 0.693. The number of rotatable bonds is 3. The lowest BCUT2D eigenvalue weighted by Gasteiger charge is -2.06. The van der Waals surface area contributed by atoms with E-state index in [1.165, 1.54) is 12.1 Å². The van der Waals surface area contributed by atoms with E-state index in [1.54, 1.807) is 12.1 Å². The number of nitrogens with two attached hydrogens (primary N) is 1. The Morgan fingerprint density at radius 3 is 2.36 bits per heavy atom. The van der Waals surface area contributed by atoms with E-state index >= 15 is 0 Å². The van der Waals surface area contributed by atoms with Gasteiger partial charge in [-0.25, -0.2) is 0 Å². The van der Waals surface area contributed by atoms with Crippen LogP contribution in [0.5, 0.6) is 0 Å². The molecule has 0 saturated carbocycles. The summed E-state index contributed by atoms with van der Waals surface area (Å²) < 4.78 is 0. The Bertz CT molecular complexity index is 863. The van der Waals surface area contributed by atoms with E-state index in [9.17, 15) is 9.59 Å². The van der Waals surface area contributed by atoms with Crippen LogP contribution in [0.25, 0.3) is 10.9 Å². The predicted molar refractivity (Wildman–Crippen MR) is 85.9 cm³/mol. The summed E-state index contributed by atoms with van der Waals surface area (Å²) in [5, 5.41) is 3.88. The first-order valence-corrected chi connectivity index (χ1v) is 6.83. The first kappa shape index (κ1) is 13.9. The smallest absolute Gasteiger partial charge is 0.255 e. The van der Waals surface area contributed by atoms with E-state index in [1.807, 2.05) is 31.2 Å². The number of aromatic amines is 1. The second-order valence-corrected chi connectivity index (χ2v) is 5.15. The molecule has 0 bridgehead atoms. The average Bonchev–Trinajstić information content (AvgIpc) is 2.86. The molecular formula is C17H15N3O2. The standard InChI is InChI=1S/C17H15N3O2/c1-10-8-13-9-14(6-7-15(13)19-10)20-17(22)12-4-2-11(3-5-12)16(18)21/h2-9,19H,1H3,(H2,18,21)(H,20,22). The molecule has 3 aromatic rings. The number of aromatic nitrogens is 1. The summed E-state index contributed by atoms with van der Waals surface area (Å²) in [6.45, 7) is 1.98. The van der Waals surface area contributed by atoms with Crippen LogP contribution in [-0.4, -0.2) is 16.8 Å². The molecule has 1 heterocycles. The van der Waals surface area contributed by atoms with Gasteiger partial charge in [0.1, 0.15) is 0 Å². The number of fused-ring (bicyclic) bond motifs is 1. The average molecular weight is 293 g/mol. The third kappa shape index (κ3) is 2.69. The molecule has 0 fully saturated rings. The van der Waals surface area contributed by atoms with E-state index in [0.717, 1.165) is 22.3 Å². The van der Waals surface area contributed by atoms with Crippen LogP contribution in [0.4, 0.5) is 5.69 Å². The molecule has 0 aliphatic heterocycles. The zero-order valence-corrected chi connectivity index (χ0v) is 12.0. The molecular weight excluding hydrogens is 278 g/mol. The van der Waals surface area contributed by atoms with Crippen LogP contribution < -0.4 is 11.1 Å². The Labute approximate surface area is 127 Å². The number of carbonyl (C=O) groups excluding carboxylic acids is 2. The number of H-pyrrole nitrogens is 1. The van der Waals surface area contributed by atoms with Crippen molar-refractivity contribution in [1.82, 2.24) is 4.98 Å². The van der Waals surface area contributed by atoms with Crippen molar-refractivity contribution in [2.75, 3.05) is 5.32 Å². The first-order valence-electron chi connectivity index (χ1n) is 6.83. The van der Waals surface area contributed by atoms with Crippen LogP contribution >= 0.6 is 0 Å². The van der Waals surface area contributed by atoms with Gasteiger partial charge in [-0.3, -0.25) is 9.59 Å². The van der Waals surface area contributed by atoms with Gasteiger partial charge in [-0.05, 0) is 55.5 Å². The Balaban J connectivity index is 1.81. The van der Waals surface area contributed by atoms with E-state index < -0.39 is 5.91 Å². The van der Waals surface area contributed by atoms with Gasteiger partial charge >= 0.3 is 0 Å². The van der Waals surface area contributed by atoms with Crippen molar-refractivity contribution in [3.8, 4) is 0 Å². The molecule has 110 valence electrons. The molecule has 0 aliphatic carbocycles. The van der Waals surface area contributed by atoms with Gasteiger partial charge < -0.3 is 16.0 Å². The minimum Gasteiger partial charge on any atom is -0.366 e. The Kier molecular flexibility index (Phi) is 3.39. The first-order chi connectivity index (χ1) is 10.5. The van der Waals surface area contributed by atoms with Crippen molar-refractivity contribution >= 4 is 28.4 Å². The van der Waals surface area contributed by atoms with E-state index in [2.05, 4.69) is 10.3 Å². The second kappa shape index (κ2) is 5.37. The van der Waals surface area contributed by atoms with Gasteiger partial charge in [0.2, 0.25) is 5.91 Å². The Morgan fingerprint density at radius 2 is 1.68 bits per heavy atom. The van der Waals surface area contributed by atoms with Gasteiger partial charge in [0.25, 0.3) is 5.91 Å². The van der Waals surface area contributed by atoms with Crippen LogP contribution in [-0.2, 0) is 0 Å². The number of carbonyl (C=O) groups is 2. The lowest BCUT2D eigenvalue weighted by molar-refractivity contribution is 0.0995. The highest BCUT2D eigenvalue weighted by Crippen LogP contribution is 2.20. The molecule has 3 rings (SSSR count). The Morgan fingerprint density at radius 1 is 1.00 bits per heavy atom. The molecule has 22 heavy (non-hydrogen) atoms. The summed E-state index contributed by atoms with van der Waals surface area (Å²) >= 11 is 0. The van der Waals surface area contributed by atoms with Gasteiger partial charge in [0.05, 0.1) is 0 Å². The van der Waals surface area contributed by atoms with Crippen molar-refractivity contribution < 1.29 is 9.59 Å². The van der Waals surface area contributed by atoms with Crippen LogP contribution in [0.15, 0.2) is 48.5 Å². The number of hydrogen-bond acceptors (Lipinski definition) is 2. The molecule has 0 radical (unpaired) electrons. The molecule has 2 aromatic carbocycles. The summed E-state index contributed by atoms with van der Waals surface area (Å²) in [6.07, 6.45) is 0. The summed E-state index contributed by atoms with van der Waals surface area (Å²) in [4.78, 5) is 26.5. The van der Waals surface area contributed by atoms with Crippen molar-refractivity contribution in [2.24, 2.45) is 5.73 Å². The maximum atomic E-state index is 12.2. The number of aryl methyl sites for hydroxylation is 1. The number of hydrogen-bond donors (Lipinski definition) is 3. The molecule has 2 amide bonds. The van der Waals surface area contributed by atoms with E-state index in [0.29, 0.717) is 11.1 Å². The molecule has 5 nitrogen and oxygen atoms in total. The maximum Gasteiger partial charge on any atom is 0.255 e. The molecule has 0 spiro atoms. The molecule has 0 unspecified atom stereocenters. The normalized spacial score (nSPS) is 10.6. The monoisotopic (exact) mass is 293 g/mol. The lowest BCUT2D eigenvalue weighted by Crippen LogP contribution is -2.14. The van der Waals surface area contributed by atoms with Gasteiger partial charge in [-0.1, -0.05) is 0 Å². The van der Waals surface area contributed by atoms with Crippen molar-refractivity contribution in [3.63, 3.8) is 0 Å². The number of nitrogens with one attached hydrogen (secondary N) is 2. The molecule has 4 N–H and O–H groups in total. The summed E-state index contributed by atoms with van der Waals surface area (Å²) in [7, 11) is 0. The number of anilines is 1. The van der Waals surface area contributed by atoms with Crippen molar-refractivity contribution in [2.45, 2.75) is 6.92 Å². The number of benzene rings is 2. The zero-order chi connectivity index (χ0) is 15.7. The highest BCUT2D eigenvalue weighted by molar-refractivity contribution is 6.05. The van der Waals surface area contributed by atoms with E-state index in [-0.39, 0.29) is 5.91 Å². The van der Waals surface area contributed by atoms with Crippen LogP contribution in [0, 0.1) is 6.92 Å². The fourth-order valence-corrected chi connectivity index (χ4v) is 2.34. The molecule has 0 atom stereocenters. The SMILES string of the molecule is Cc1cc2cc(NC(=O)c3ccc(C(N)=O)cc3)ccc2[nH]1.